The van der Waals surface area contributed by atoms with Crippen molar-refractivity contribution >= 4 is 21.7 Å². The van der Waals surface area contributed by atoms with Crippen molar-refractivity contribution in [3.63, 3.8) is 0 Å². The Labute approximate surface area is 153 Å². The van der Waals surface area contributed by atoms with Crippen LogP contribution in [-0.2, 0) is 0 Å². The summed E-state index contributed by atoms with van der Waals surface area (Å²) in [4.78, 5) is 0. The molecular formula is C21H24N2OS. The van der Waals surface area contributed by atoms with E-state index in [-0.39, 0.29) is 6.10 Å². The van der Waals surface area contributed by atoms with E-state index in [0.717, 1.165) is 17.7 Å². The molecule has 0 N–H and O–H groups in total. The van der Waals surface area contributed by atoms with Gasteiger partial charge in [-0.2, -0.15) is 0 Å². The van der Waals surface area contributed by atoms with Crippen LogP contribution in [0.1, 0.15) is 57.4 Å². The highest BCUT2D eigenvalue weighted by atomic mass is 32.1. The summed E-state index contributed by atoms with van der Waals surface area (Å²) < 4.78 is 11.4. The van der Waals surface area contributed by atoms with E-state index < -0.39 is 0 Å². The molecule has 1 aromatic heterocycles. The number of aromatic nitrogens is 2. The molecule has 0 spiro atoms. The molecule has 4 heteroatoms. The Kier molecular flexibility index (Phi) is 4.71. The number of hydrogen-bond acceptors (Lipinski definition) is 4. The average Bonchev–Trinajstić information content (AvgIpc) is 3.33. The van der Waals surface area contributed by atoms with Crippen LogP contribution < -0.4 is 4.74 Å². The Hall–Kier alpha value is -1.94. The van der Waals surface area contributed by atoms with Gasteiger partial charge in [0.15, 0.2) is 0 Å². The predicted molar refractivity (Wildman–Crippen MR) is 104 cm³/mol. The fourth-order valence-electron chi connectivity index (χ4n) is 3.70. The van der Waals surface area contributed by atoms with Crippen LogP contribution in [0.25, 0.3) is 21.3 Å². The molecule has 0 radical (unpaired) electrons. The lowest BCUT2D eigenvalue weighted by atomic mass is 9.94. The highest BCUT2D eigenvalue weighted by Crippen LogP contribution is 2.41. The maximum atomic E-state index is 5.89. The van der Waals surface area contributed by atoms with E-state index in [2.05, 4.69) is 59.8 Å². The van der Waals surface area contributed by atoms with Crippen molar-refractivity contribution in [2.75, 3.05) is 0 Å². The molecule has 1 fully saturated rings. The molecule has 2 aromatic carbocycles. The zero-order chi connectivity index (χ0) is 17.2. The van der Waals surface area contributed by atoms with Crippen LogP contribution in [0.3, 0.4) is 0 Å². The molecule has 0 bridgehead atoms. The first-order chi connectivity index (χ1) is 12.3. The van der Waals surface area contributed by atoms with Gasteiger partial charge in [-0.05, 0) is 66.9 Å². The summed E-state index contributed by atoms with van der Waals surface area (Å²) in [5.74, 6) is 1.61. The van der Waals surface area contributed by atoms with E-state index in [1.54, 1.807) is 0 Å². The van der Waals surface area contributed by atoms with Crippen LogP contribution >= 0.6 is 11.5 Å². The summed E-state index contributed by atoms with van der Waals surface area (Å²) in [6.07, 6.45) is 6.54. The third kappa shape index (κ3) is 3.28. The van der Waals surface area contributed by atoms with Gasteiger partial charge in [0.2, 0.25) is 0 Å². The standard InChI is InChI=1S/C21H24N2OS/c1-3-14(2)24-17-10-8-16(9-11-17)18-12-13-19(15-6-4-5-7-15)21-20(18)22-23-25-21/h8-15H,3-7H2,1-2H3. The van der Waals surface area contributed by atoms with Gasteiger partial charge in [-0.1, -0.05) is 48.5 Å². The molecule has 3 aromatic rings. The first-order valence-electron chi connectivity index (χ1n) is 9.28. The largest absolute Gasteiger partial charge is 0.491 e. The molecule has 25 heavy (non-hydrogen) atoms. The first kappa shape index (κ1) is 16.5. The smallest absolute Gasteiger partial charge is 0.119 e. The van der Waals surface area contributed by atoms with Gasteiger partial charge in [-0.15, -0.1) is 5.10 Å². The molecular weight excluding hydrogens is 328 g/mol. The SMILES string of the molecule is CCC(C)Oc1ccc(-c2ccc(C3CCCC3)c3snnc23)cc1. The van der Waals surface area contributed by atoms with Crippen molar-refractivity contribution in [3.8, 4) is 16.9 Å². The summed E-state index contributed by atoms with van der Waals surface area (Å²) in [7, 11) is 0. The Morgan fingerprint density at radius 2 is 1.88 bits per heavy atom. The molecule has 0 amide bonds. The summed E-state index contributed by atoms with van der Waals surface area (Å²) >= 11 is 1.54. The molecule has 1 heterocycles. The van der Waals surface area contributed by atoms with Gasteiger partial charge in [-0.3, -0.25) is 0 Å². The minimum absolute atomic E-state index is 0.242. The van der Waals surface area contributed by atoms with Crippen molar-refractivity contribution in [2.24, 2.45) is 0 Å². The first-order valence-corrected chi connectivity index (χ1v) is 10.1. The van der Waals surface area contributed by atoms with E-state index in [4.69, 9.17) is 4.74 Å². The third-order valence-electron chi connectivity index (χ3n) is 5.31. The molecule has 0 saturated heterocycles. The van der Waals surface area contributed by atoms with Gasteiger partial charge < -0.3 is 4.74 Å². The van der Waals surface area contributed by atoms with Gasteiger partial charge in [0.05, 0.1) is 10.8 Å². The van der Waals surface area contributed by atoms with Crippen LogP contribution in [0.15, 0.2) is 36.4 Å². The molecule has 1 aliphatic rings. The van der Waals surface area contributed by atoms with Crippen molar-refractivity contribution in [1.82, 2.24) is 9.59 Å². The lowest BCUT2D eigenvalue weighted by Crippen LogP contribution is -2.09. The normalized spacial score (nSPS) is 16.4. The quantitative estimate of drug-likeness (QED) is 0.549. The van der Waals surface area contributed by atoms with Gasteiger partial charge in [0, 0.05) is 5.56 Å². The third-order valence-corrected chi connectivity index (χ3v) is 6.08. The molecule has 1 unspecified atom stereocenters. The van der Waals surface area contributed by atoms with Crippen LogP contribution in [0.2, 0.25) is 0 Å². The minimum atomic E-state index is 0.242. The van der Waals surface area contributed by atoms with Gasteiger partial charge >= 0.3 is 0 Å². The van der Waals surface area contributed by atoms with Crippen LogP contribution in [0.5, 0.6) is 5.75 Å². The summed E-state index contributed by atoms with van der Waals surface area (Å²) in [5.41, 5.74) is 4.83. The fourth-order valence-corrected chi connectivity index (χ4v) is 4.49. The second-order valence-electron chi connectivity index (χ2n) is 7.00. The van der Waals surface area contributed by atoms with Crippen LogP contribution in [0.4, 0.5) is 0 Å². The summed E-state index contributed by atoms with van der Waals surface area (Å²) in [6.45, 7) is 4.23. The summed E-state index contributed by atoms with van der Waals surface area (Å²) in [5, 5.41) is 4.45. The molecule has 1 atom stereocenters. The average molecular weight is 353 g/mol. The second kappa shape index (κ2) is 7.12. The molecule has 4 rings (SSSR count). The van der Waals surface area contributed by atoms with E-state index in [0.29, 0.717) is 5.92 Å². The number of ether oxygens (including phenoxy) is 1. The second-order valence-corrected chi connectivity index (χ2v) is 7.75. The zero-order valence-corrected chi connectivity index (χ0v) is 15.7. The topological polar surface area (TPSA) is 35.0 Å². The summed E-state index contributed by atoms with van der Waals surface area (Å²) in [6, 6.07) is 12.9. The van der Waals surface area contributed by atoms with Crippen LogP contribution in [0, 0.1) is 0 Å². The van der Waals surface area contributed by atoms with E-state index in [1.807, 2.05) is 0 Å². The molecule has 0 aliphatic heterocycles. The Morgan fingerprint density at radius 1 is 1.12 bits per heavy atom. The molecule has 130 valence electrons. The highest BCUT2D eigenvalue weighted by Gasteiger charge is 2.22. The minimum Gasteiger partial charge on any atom is -0.491 e. The number of benzene rings is 2. The Balaban J connectivity index is 1.67. The lowest BCUT2D eigenvalue weighted by molar-refractivity contribution is 0.217. The number of hydrogen-bond donors (Lipinski definition) is 0. The van der Waals surface area contributed by atoms with Crippen molar-refractivity contribution in [2.45, 2.75) is 58.0 Å². The lowest BCUT2D eigenvalue weighted by Gasteiger charge is -2.14. The zero-order valence-electron chi connectivity index (χ0n) is 14.9. The van der Waals surface area contributed by atoms with Gasteiger partial charge in [0.1, 0.15) is 11.3 Å². The number of nitrogens with zero attached hydrogens (tertiary/aromatic N) is 2. The van der Waals surface area contributed by atoms with E-state index in [1.165, 1.54) is 58.6 Å². The fraction of sp³-hybridized carbons (Fsp3) is 0.429. The predicted octanol–water partition coefficient (Wildman–Crippen LogP) is 6.19. The monoisotopic (exact) mass is 352 g/mol. The number of rotatable bonds is 5. The maximum absolute atomic E-state index is 5.89. The molecule has 3 nitrogen and oxygen atoms in total. The van der Waals surface area contributed by atoms with E-state index >= 15 is 0 Å². The Morgan fingerprint density at radius 3 is 2.60 bits per heavy atom. The van der Waals surface area contributed by atoms with Crippen LogP contribution in [-0.4, -0.2) is 15.7 Å². The van der Waals surface area contributed by atoms with Gasteiger partial charge in [-0.25, -0.2) is 0 Å². The van der Waals surface area contributed by atoms with Gasteiger partial charge in [0.25, 0.3) is 0 Å². The van der Waals surface area contributed by atoms with Crippen molar-refractivity contribution in [3.05, 3.63) is 42.0 Å². The van der Waals surface area contributed by atoms with Crippen molar-refractivity contribution in [1.29, 1.82) is 0 Å². The maximum Gasteiger partial charge on any atom is 0.119 e. The van der Waals surface area contributed by atoms with E-state index in [9.17, 15) is 0 Å². The van der Waals surface area contributed by atoms with Crippen molar-refractivity contribution < 1.29 is 4.74 Å². The highest BCUT2D eigenvalue weighted by molar-refractivity contribution is 7.13. The molecule has 1 aliphatic carbocycles. The Bertz CT molecular complexity index is 850. The molecule has 1 saturated carbocycles. The number of fused-ring (bicyclic) bond motifs is 1.